The number of rotatable bonds is 8. The number of amides is 1. The number of hydrogen-bond donors (Lipinski definition) is 1. The number of thiophene rings is 1. The predicted molar refractivity (Wildman–Crippen MR) is 103 cm³/mol. The maximum absolute atomic E-state index is 12.3. The minimum atomic E-state index is -0.520. The summed E-state index contributed by atoms with van der Waals surface area (Å²) in [7, 11) is 0. The SMILES string of the molecule is CCOC(=O)c1c(NC(=O)CCCc2ccccc2)sc(C(C)=O)c1C. The Labute approximate surface area is 157 Å². The van der Waals surface area contributed by atoms with E-state index in [9.17, 15) is 14.4 Å². The van der Waals surface area contributed by atoms with Crippen LogP contribution in [0, 0.1) is 6.92 Å². The minimum Gasteiger partial charge on any atom is -0.462 e. The molecule has 1 N–H and O–H groups in total. The van der Waals surface area contributed by atoms with Crippen LogP contribution in [0.4, 0.5) is 5.00 Å². The largest absolute Gasteiger partial charge is 0.462 e. The molecule has 0 saturated heterocycles. The molecule has 0 saturated carbocycles. The highest BCUT2D eigenvalue weighted by atomic mass is 32.1. The lowest BCUT2D eigenvalue weighted by Gasteiger charge is -2.07. The number of anilines is 1. The lowest BCUT2D eigenvalue weighted by molar-refractivity contribution is -0.116. The third-order valence-electron chi connectivity index (χ3n) is 3.91. The van der Waals surface area contributed by atoms with Gasteiger partial charge in [0, 0.05) is 6.42 Å². The number of ketones is 1. The van der Waals surface area contributed by atoms with Crippen LogP contribution in [0.15, 0.2) is 30.3 Å². The first-order chi connectivity index (χ1) is 12.4. The highest BCUT2D eigenvalue weighted by molar-refractivity contribution is 7.18. The van der Waals surface area contributed by atoms with Gasteiger partial charge in [-0.1, -0.05) is 30.3 Å². The summed E-state index contributed by atoms with van der Waals surface area (Å²) >= 11 is 1.12. The lowest BCUT2D eigenvalue weighted by Crippen LogP contribution is -2.14. The lowest BCUT2D eigenvalue weighted by atomic mass is 10.1. The molecule has 0 aliphatic heterocycles. The van der Waals surface area contributed by atoms with E-state index in [-0.39, 0.29) is 23.9 Å². The first kappa shape index (κ1) is 19.8. The first-order valence-corrected chi connectivity index (χ1v) is 9.40. The number of carbonyl (C=O) groups is 3. The number of carbonyl (C=O) groups excluding carboxylic acids is 3. The van der Waals surface area contributed by atoms with Crippen molar-refractivity contribution in [2.75, 3.05) is 11.9 Å². The molecule has 6 heteroatoms. The monoisotopic (exact) mass is 373 g/mol. The Bertz CT molecular complexity index is 796. The number of hydrogen-bond acceptors (Lipinski definition) is 5. The van der Waals surface area contributed by atoms with Crippen LogP contribution in [-0.4, -0.2) is 24.3 Å². The predicted octanol–water partition coefficient (Wildman–Crippen LogP) is 4.40. The van der Waals surface area contributed by atoms with Gasteiger partial charge in [-0.25, -0.2) is 4.79 Å². The Hall–Kier alpha value is -2.47. The Morgan fingerprint density at radius 3 is 2.46 bits per heavy atom. The standard InChI is InChI=1S/C20H23NO4S/c1-4-25-20(24)17-13(2)18(14(3)22)26-19(17)21-16(23)12-8-11-15-9-6-5-7-10-15/h5-7,9-10H,4,8,11-12H2,1-3H3,(H,21,23). The molecule has 0 aliphatic carbocycles. The quantitative estimate of drug-likeness (QED) is 0.550. The molecule has 2 aromatic rings. The Morgan fingerprint density at radius 1 is 1.15 bits per heavy atom. The Kier molecular flexibility index (Phi) is 7.09. The molecule has 1 heterocycles. The van der Waals surface area contributed by atoms with Crippen LogP contribution in [0.2, 0.25) is 0 Å². The zero-order valence-corrected chi connectivity index (χ0v) is 16.1. The van der Waals surface area contributed by atoms with Crippen molar-refractivity contribution in [3.8, 4) is 0 Å². The van der Waals surface area contributed by atoms with Gasteiger partial charge < -0.3 is 10.1 Å². The molecule has 1 amide bonds. The van der Waals surface area contributed by atoms with Crippen molar-refractivity contribution in [1.29, 1.82) is 0 Å². The number of aryl methyl sites for hydroxylation is 1. The maximum atomic E-state index is 12.3. The zero-order valence-electron chi connectivity index (χ0n) is 15.3. The molecule has 138 valence electrons. The average molecular weight is 373 g/mol. The van der Waals surface area contributed by atoms with Crippen LogP contribution in [0.5, 0.6) is 0 Å². The zero-order chi connectivity index (χ0) is 19.1. The second-order valence-corrected chi connectivity index (χ2v) is 6.94. The first-order valence-electron chi connectivity index (χ1n) is 8.59. The molecule has 5 nitrogen and oxygen atoms in total. The molecule has 0 radical (unpaired) electrons. The van der Waals surface area contributed by atoms with Crippen LogP contribution < -0.4 is 5.32 Å². The summed E-state index contributed by atoms with van der Waals surface area (Å²) in [5.41, 5.74) is 2.01. The third kappa shape index (κ3) is 5.02. The fraction of sp³-hybridized carbons (Fsp3) is 0.350. The topological polar surface area (TPSA) is 72.5 Å². The molecule has 0 spiro atoms. The van der Waals surface area contributed by atoms with Gasteiger partial charge in [0.2, 0.25) is 5.91 Å². The summed E-state index contributed by atoms with van der Waals surface area (Å²) in [6.07, 6.45) is 1.85. The second kappa shape index (κ2) is 9.29. The van der Waals surface area contributed by atoms with E-state index in [0.717, 1.165) is 17.8 Å². The molecule has 0 bridgehead atoms. The van der Waals surface area contributed by atoms with E-state index in [1.807, 2.05) is 30.3 Å². The highest BCUT2D eigenvalue weighted by Gasteiger charge is 2.25. The Morgan fingerprint density at radius 2 is 1.85 bits per heavy atom. The van der Waals surface area contributed by atoms with Crippen LogP contribution in [-0.2, 0) is 16.0 Å². The van der Waals surface area contributed by atoms with E-state index in [0.29, 0.717) is 28.3 Å². The van der Waals surface area contributed by atoms with Crippen molar-refractivity contribution in [3.05, 3.63) is 51.9 Å². The van der Waals surface area contributed by atoms with E-state index < -0.39 is 5.97 Å². The molecule has 0 fully saturated rings. The van der Waals surface area contributed by atoms with Crippen molar-refractivity contribution in [1.82, 2.24) is 0 Å². The van der Waals surface area contributed by atoms with Crippen LogP contribution in [0.25, 0.3) is 0 Å². The van der Waals surface area contributed by atoms with Crippen molar-refractivity contribution >= 4 is 34.0 Å². The van der Waals surface area contributed by atoms with Gasteiger partial charge in [0.25, 0.3) is 0 Å². The molecular formula is C20H23NO4S. The van der Waals surface area contributed by atoms with Crippen LogP contribution in [0.3, 0.4) is 0 Å². The molecular weight excluding hydrogens is 350 g/mol. The summed E-state index contributed by atoms with van der Waals surface area (Å²) < 4.78 is 5.07. The summed E-state index contributed by atoms with van der Waals surface area (Å²) in [6, 6.07) is 9.95. The van der Waals surface area contributed by atoms with E-state index in [2.05, 4.69) is 5.32 Å². The van der Waals surface area contributed by atoms with E-state index in [4.69, 9.17) is 4.74 Å². The molecule has 1 aromatic heterocycles. The molecule has 1 aromatic carbocycles. The fourth-order valence-electron chi connectivity index (χ4n) is 2.67. The van der Waals surface area contributed by atoms with E-state index in [1.54, 1.807) is 13.8 Å². The summed E-state index contributed by atoms with van der Waals surface area (Å²) in [5.74, 6) is -0.834. The molecule has 0 unspecified atom stereocenters. The van der Waals surface area contributed by atoms with Gasteiger partial charge >= 0.3 is 5.97 Å². The van der Waals surface area contributed by atoms with Crippen LogP contribution >= 0.6 is 11.3 Å². The normalized spacial score (nSPS) is 10.4. The van der Waals surface area contributed by atoms with Crippen molar-refractivity contribution in [2.24, 2.45) is 0 Å². The van der Waals surface area contributed by atoms with Gasteiger partial charge in [-0.05, 0) is 44.7 Å². The molecule has 0 aliphatic rings. The van der Waals surface area contributed by atoms with Gasteiger partial charge in [-0.2, -0.15) is 0 Å². The number of Topliss-reactive ketones (excluding diaryl/α,β-unsaturated/α-hetero) is 1. The number of ether oxygens (including phenoxy) is 1. The van der Waals surface area contributed by atoms with Gasteiger partial charge in [0.1, 0.15) is 5.00 Å². The number of esters is 1. The molecule has 26 heavy (non-hydrogen) atoms. The van der Waals surface area contributed by atoms with Gasteiger partial charge in [-0.15, -0.1) is 11.3 Å². The summed E-state index contributed by atoms with van der Waals surface area (Å²) in [5, 5.41) is 3.16. The van der Waals surface area contributed by atoms with Gasteiger partial charge in [-0.3, -0.25) is 9.59 Å². The van der Waals surface area contributed by atoms with Crippen molar-refractivity contribution in [3.63, 3.8) is 0 Å². The number of benzene rings is 1. The van der Waals surface area contributed by atoms with Gasteiger partial charge in [0.05, 0.1) is 17.0 Å². The molecule has 0 atom stereocenters. The minimum absolute atomic E-state index is 0.136. The van der Waals surface area contributed by atoms with Crippen molar-refractivity contribution in [2.45, 2.75) is 40.0 Å². The van der Waals surface area contributed by atoms with E-state index in [1.165, 1.54) is 12.5 Å². The highest BCUT2D eigenvalue weighted by Crippen LogP contribution is 2.34. The molecule has 2 rings (SSSR count). The average Bonchev–Trinajstić information content (AvgIpc) is 2.92. The van der Waals surface area contributed by atoms with Crippen molar-refractivity contribution < 1.29 is 19.1 Å². The van der Waals surface area contributed by atoms with Crippen LogP contribution in [0.1, 0.15) is 57.8 Å². The smallest absolute Gasteiger partial charge is 0.341 e. The summed E-state index contributed by atoms with van der Waals surface area (Å²) in [4.78, 5) is 36.7. The summed E-state index contributed by atoms with van der Waals surface area (Å²) in [6.45, 7) is 5.09. The second-order valence-electron chi connectivity index (χ2n) is 5.92. The number of nitrogens with one attached hydrogen (secondary N) is 1. The third-order valence-corrected chi connectivity index (χ3v) is 5.22. The van der Waals surface area contributed by atoms with Gasteiger partial charge in [0.15, 0.2) is 5.78 Å². The maximum Gasteiger partial charge on any atom is 0.341 e. The fourth-order valence-corrected chi connectivity index (χ4v) is 3.78. The van der Waals surface area contributed by atoms with E-state index >= 15 is 0 Å². The Balaban J connectivity index is 2.07.